The maximum atomic E-state index is 11.6. The van der Waals surface area contributed by atoms with Crippen molar-refractivity contribution in [1.82, 2.24) is 0 Å². The third-order valence-electron chi connectivity index (χ3n) is 2.55. The highest BCUT2D eigenvalue weighted by Crippen LogP contribution is 2.12. The van der Waals surface area contributed by atoms with Gasteiger partial charge in [-0.05, 0) is 19.3 Å². The number of ether oxygens (including phenoxy) is 2. The maximum absolute atomic E-state index is 11.6. The fourth-order valence-electron chi connectivity index (χ4n) is 1.54. The van der Waals surface area contributed by atoms with Crippen LogP contribution in [0.15, 0.2) is 0 Å². The molecule has 0 aliphatic rings. The summed E-state index contributed by atoms with van der Waals surface area (Å²) in [7, 11) is 0. The van der Waals surface area contributed by atoms with Gasteiger partial charge in [-0.15, -0.1) is 0 Å². The SMILES string of the molecule is CCOC(=O)C(OC(=O)CCCC(C)C)C(C)C. The van der Waals surface area contributed by atoms with Crippen LogP contribution in [0.4, 0.5) is 0 Å². The molecule has 0 N–H and O–H groups in total. The quantitative estimate of drug-likeness (QED) is 0.628. The van der Waals surface area contributed by atoms with Crippen molar-refractivity contribution >= 4 is 11.9 Å². The van der Waals surface area contributed by atoms with Crippen molar-refractivity contribution in [1.29, 1.82) is 0 Å². The van der Waals surface area contributed by atoms with Crippen molar-refractivity contribution in [3.05, 3.63) is 0 Å². The lowest BCUT2D eigenvalue weighted by Crippen LogP contribution is -2.33. The molecule has 4 heteroatoms. The predicted molar refractivity (Wildman–Crippen MR) is 70.0 cm³/mol. The average Bonchev–Trinajstić information content (AvgIpc) is 2.25. The second kappa shape index (κ2) is 8.95. The summed E-state index contributed by atoms with van der Waals surface area (Å²) in [5, 5.41) is 0. The first-order chi connectivity index (χ1) is 8.38. The molecule has 0 aliphatic carbocycles. The highest BCUT2D eigenvalue weighted by atomic mass is 16.6. The summed E-state index contributed by atoms with van der Waals surface area (Å²) in [6, 6.07) is 0. The zero-order valence-corrected chi connectivity index (χ0v) is 12.2. The van der Waals surface area contributed by atoms with Crippen molar-refractivity contribution in [2.75, 3.05) is 6.61 Å². The lowest BCUT2D eigenvalue weighted by Gasteiger charge is -2.19. The Labute approximate surface area is 110 Å². The minimum atomic E-state index is -0.781. The predicted octanol–water partition coefficient (Wildman–Crippen LogP) is 2.94. The molecule has 18 heavy (non-hydrogen) atoms. The Kier molecular flexibility index (Phi) is 8.42. The molecule has 0 aromatic rings. The molecule has 1 unspecified atom stereocenters. The molecule has 0 saturated carbocycles. The minimum absolute atomic E-state index is 0.0712. The van der Waals surface area contributed by atoms with E-state index in [2.05, 4.69) is 13.8 Å². The average molecular weight is 258 g/mol. The molecule has 0 aromatic heterocycles. The molecule has 0 spiro atoms. The first kappa shape index (κ1) is 16.9. The number of hydrogen-bond acceptors (Lipinski definition) is 4. The largest absolute Gasteiger partial charge is 0.463 e. The zero-order valence-electron chi connectivity index (χ0n) is 12.2. The van der Waals surface area contributed by atoms with Gasteiger partial charge in [0.05, 0.1) is 6.61 Å². The van der Waals surface area contributed by atoms with Gasteiger partial charge < -0.3 is 9.47 Å². The van der Waals surface area contributed by atoms with Crippen LogP contribution in [-0.2, 0) is 19.1 Å². The van der Waals surface area contributed by atoms with Crippen LogP contribution in [0.5, 0.6) is 0 Å². The van der Waals surface area contributed by atoms with Gasteiger partial charge in [0, 0.05) is 12.3 Å². The van der Waals surface area contributed by atoms with E-state index < -0.39 is 12.1 Å². The van der Waals surface area contributed by atoms with Crippen molar-refractivity contribution in [3.63, 3.8) is 0 Å². The fraction of sp³-hybridized carbons (Fsp3) is 0.857. The third kappa shape index (κ3) is 7.30. The molecule has 0 saturated heterocycles. The van der Waals surface area contributed by atoms with Crippen LogP contribution in [0.25, 0.3) is 0 Å². The van der Waals surface area contributed by atoms with Gasteiger partial charge in [-0.1, -0.05) is 34.1 Å². The third-order valence-corrected chi connectivity index (χ3v) is 2.55. The van der Waals surface area contributed by atoms with Crippen LogP contribution >= 0.6 is 0 Å². The molecule has 1 atom stereocenters. The van der Waals surface area contributed by atoms with Gasteiger partial charge in [-0.3, -0.25) is 4.79 Å². The number of rotatable bonds is 8. The highest BCUT2D eigenvalue weighted by Gasteiger charge is 2.27. The molecule has 0 radical (unpaired) electrons. The molecule has 106 valence electrons. The van der Waals surface area contributed by atoms with Crippen LogP contribution in [0, 0.1) is 11.8 Å². The summed E-state index contributed by atoms with van der Waals surface area (Å²) in [5.74, 6) is -0.269. The fourth-order valence-corrected chi connectivity index (χ4v) is 1.54. The molecule has 0 aromatic carbocycles. The maximum Gasteiger partial charge on any atom is 0.347 e. The standard InChI is InChI=1S/C14H26O4/c1-6-17-14(16)13(11(4)5)18-12(15)9-7-8-10(2)3/h10-11,13H,6-9H2,1-5H3. The molecule has 0 aliphatic heterocycles. The van der Waals surface area contributed by atoms with E-state index in [1.54, 1.807) is 6.92 Å². The van der Waals surface area contributed by atoms with Gasteiger partial charge in [-0.2, -0.15) is 0 Å². The van der Waals surface area contributed by atoms with Crippen LogP contribution in [0.1, 0.15) is 53.9 Å². The Hall–Kier alpha value is -1.06. The lowest BCUT2D eigenvalue weighted by atomic mass is 10.1. The molecule has 0 heterocycles. The Morgan fingerprint density at radius 2 is 1.72 bits per heavy atom. The second-order valence-corrected chi connectivity index (χ2v) is 5.19. The van der Waals surface area contributed by atoms with Crippen LogP contribution in [0.2, 0.25) is 0 Å². The Bertz CT molecular complexity index is 259. The summed E-state index contributed by atoms with van der Waals surface area (Å²) in [4.78, 5) is 23.2. The van der Waals surface area contributed by atoms with E-state index in [9.17, 15) is 9.59 Å². The molecular weight excluding hydrogens is 232 g/mol. The summed E-state index contributed by atoms with van der Waals surface area (Å²) in [6.45, 7) is 9.93. The number of carbonyl (C=O) groups excluding carboxylic acids is 2. The van der Waals surface area contributed by atoms with Crippen LogP contribution in [0.3, 0.4) is 0 Å². The van der Waals surface area contributed by atoms with E-state index in [1.807, 2.05) is 13.8 Å². The normalized spacial score (nSPS) is 12.6. The number of hydrogen-bond donors (Lipinski definition) is 0. The van der Waals surface area contributed by atoms with Crippen molar-refractivity contribution < 1.29 is 19.1 Å². The summed E-state index contributed by atoms with van der Waals surface area (Å²) >= 11 is 0. The van der Waals surface area contributed by atoms with Gasteiger partial charge in [0.2, 0.25) is 6.10 Å². The zero-order chi connectivity index (χ0) is 14.1. The first-order valence-electron chi connectivity index (χ1n) is 6.74. The Morgan fingerprint density at radius 1 is 1.11 bits per heavy atom. The Balaban J connectivity index is 4.16. The van der Waals surface area contributed by atoms with Gasteiger partial charge in [0.1, 0.15) is 0 Å². The van der Waals surface area contributed by atoms with E-state index in [-0.39, 0.29) is 11.9 Å². The summed E-state index contributed by atoms with van der Waals surface area (Å²) in [5.41, 5.74) is 0. The van der Waals surface area contributed by atoms with E-state index >= 15 is 0 Å². The van der Waals surface area contributed by atoms with Crippen molar-refractivity contribution in [2.45, 2.75) is 60.0 Å². The smallest absolute Gasteiger partial charge is 0.347 e. The monoisotopic (exact) mass is 258 g/mol. The van der Waals surface area contributed by atoms with E-state index in [0.29, 0.717) is 18.9 Å². The van der Waals surface area contributed by atoms with Crippen molar-refractivity contribution in [3.8, 4) is 0 Å². The van der Waals surface area contributed by atoms with Crippen molar-refractivity contribution in [2.24, 2.45) is 11.8 Å². The molecule has 0 amide bonds. The lowest BCUT2D eigenvalue weighted by molar-refractivity contribution is -0.170. The van der Waals surface area contributed by atoms with Gasteiger partial charge >= 0.3 is 11.9 Å². The number of carbonyl (C=O) groups is 2. The van der Waals surface area contributed by atoms with Crippen LogP contribution in [-0.4, -0.2) is 24.6 Å². The van der Waals surface area contributed by atoms with Crippen LogP contribution < -0.4 is 0 Å². The number of esters is 2. The first-order valence-corrected chi connectivity index (χ1v) is 6.74. The topological polar surface area (TPSA) is 52.6 Å². The highest BCUT2D eigenvalue weighted by molar-refractivity contribution is 5.79. The molecule has 4 nitrogen and oxygen atoms in total. The Morgan fingerprint density at radius 3 is 2.17 bits per heavy atom. The van der Waals surface area contributed by atoms with Gasteiger partial charge in [0.15, 0.2) is 0 Å². The minimum Gasteiger partial charge on any atom is -0.463 e. The molecule has 0 bridgehead atoms. The molecule has 0 fully saturated rings. The molecule has 0 rings (SSSR count). The van der Waals surface area contributed by atoms with E-state index in [1.165, 1.54) is 0 Å². The van der Waals surface area contributed by atoms with Gasteiger partial charge in [-0.25, -0.2) is 4.79 Å². The molecular formula is C14H26O4. The summed E-state index contributed by atoms with van der Waals surface area (Å²) in [6.07, 6.45) is 1.36. The van der Waals surface area contributed by atoms with E-state index in [4.69, 9.17) is 9.47 Å². The summed E-state index contributed by atoms with van der Waals surface area (Å²) < 4.78 is 10.1. The van der Waals surface area contributed by atoms with E-state index in [0.717, 1.165) is 12.8 Å². The second-order valence-electron chi connectivity index (χ2n) is 5.19. The van der Waals surface area contributed by atoms with Gasteiger partial charge in [0.25, 0.3) is 0 Å².